The molecule has 0 radical (unpaired) electrons. The lowest BCUT2D eigenvalue weighted by atomic mass is 9.90. The topological polar surface area (TPSA) is 15.3 Å². The van der Waals surface area contributed by atoms with Crippen molar-refractivity contribution in [3.63, 3.8) is 0 Å². The van der Waals surface area contributed by atoms with Crippen LogP contribution in [-0.4, -0.2) is 25.7 Å². The van der Waals surface area contributed by atoms with E-state index in [-0.39, 0.29) is 0 Å². The lowest BCUT2D eigenvalue weighted by Crippen LogP contribution is -2.41. The van der Waals surface area contributed by atoms with Crippen LogP contribution in [0.15, 0.2) is 24.3 Å². The number of hydrogen-bond donors (Lipinski definition) is 1. The van der Waals surface area contributed by atoms with Crippen LogP contribution in [0.1, 0.15) is 44.6 Å². The Labute approximate surface area is 118 Å². The third kappa shape index (κ3) is 3.97. The van der Waals surface area contributed by atoms with E-state index in [0.717, 1.165) is 6.04 Å². The van der Waals surface area contributed by atoms with Crippen molar-refractivity contribution < 1.29 is 0 Å². The van der Waals surface area contributed by atoms with Gasteiger partial charge in [-0.25, -0.2) is 0 Å². The Morgan fingerprint density at radius 2 is 1.95 bits per heavy atom. The minimum atomic E-state index is 0.710. The molecule has 1 saturated carbocycles. The summed E-state index contributed by atoms with van der Waals surface area (Å²) in [6, 6.07) is 10.3. The molecular formula is C17H28N2. The third-order valence-corrected chi connectivity index (χ3v) is 4.34. The normalized spacial score (nSPS) is 23.3. The molecule has 0 aliphatic heterocycles. The molecule has 1 N–H and O–H groups in total. The molecule has 106 valence electrons. The largest absolute Gasteiger partial charge is 0.372 e. The summed E-state index contributed by atoms with van der Waals surface area (Å²) in [4.78, 5) is 2.48. The number of nitrogens with zero attached hydrogens (tertiary/aromatic N) is 1. The molecule has 2 nitrogen and oxygen atoms in total. The van der Waals surface area contributed by atoms with E-state index in [9.17, 15) is 0 Å². The van der Waals surface area contributed by atoms with Crippen LogP contribution in [0.5, 0.6) is 0 Å². The summed E-state index contributed by atoms with van der Waals surface area (Å²) in [6.07, 6.45) is 6.50. The minimum Gasteiger partial charge on any atom is -0.372 e. The first-order valence-corrected chi connectivity index (χ1v) is 7.73. The highest BCUT2D eigenvalue weighted by Crippen LogP contribution is 2.26. The highest BCUT2D eigenvalue weighted by Gasteiger charge is 2.23. The van der Waals surface area contributed by atoms with E-state index < -0.39 is 0 Å². The van der Waals surface area contributed by atoms with Crippen LogP contribution in [0.2, 0.25) is 0 Å². The van der Waals surface area contributed by atoms with Gasteiger partial charge in [-0.05, 0) is 63.3 Å². The molecule has 0 amide bonds. The molecular weight excluding hydrogens is 232 g/mol. The molecule has 19 heavy (non-hydrogen) atoms. The van der Waals surface area contributed by atoms with Crippen molar-refractivity contribution >= 4 is 5.69 Å². The molecule has 0 spiro atoms. The highest BCUT2D eigenvalue weighted by molar-refractivity contribution is 5.48. The number of aryl methyl sites for hydroxylation is 1. The lowest BCUT2D eigenvalue weighted by Gasteiger charge is -2.36. The molecule has 0 unspecified atom stereocenters. The smallest absolute Gasteiger partial charge is 0.0368 e. The van der Waals surface area contributed by atoms with Gasteiger partial charge in [-0.2, -0.15) is 0 Å². The summed E-state index contributed by atoms with van der Waals surface area (Å²) in [5.74, 6) is 0. The van der Waals surface area contributed by atoms with E-state index in [1.807, 2.05) is 0 Å². The monoisotopic (exact) mass is 260 g/mol. The van der Waals surface area contributed by atoms with Gasteiger partial charge < -0.3 is 10.2 Å². The van der Waals surface area contributed by atoms with Gasteiger partial charge in [0, 0.05) is 24.8 Å². The minimum absolute atomic E-state index is 0.710. The third-order valence-electron chi connectivity index (χ3n) is 4.34. The van der Waals surface area contributed by atoms with Crippen LogP contribution in [0.3, 0.4) is 0 Å². The SMILES string of the molecule is CCCNC1CCC(N(C)c2cccc(C)c2)CC1. The Balaban J connectivity index is 1.87. The van der Waals surface area contributed by atoms with Crippen molar-refractivity contribution in [3.05, 3.63) is 29.8 Å². The predicted octanol–water partition coefficient (Wildman–Crippen LogP) is 3.74. The molecule has 1 fully saturated rings. The molecule has 1 aromatic rings. The predicted molar refractivity (Wildman–Crippen MR) is 83.9 cm³/mol. The Kier molecular flexibility index (Phi) is 5.26. The van der Waals surface area contributed by atoms with Crippen molar-refractivity contribution in [1.29, 1.82) is 0 Å². The second-order valence-corrected chi connectivity index (χ2v) is 5.91. The molecule has 1 aromatic carbocycles. The molecule has 0 heterocycles. The first-order chi connectivity index (χ1) is 9.20. The first kappa shape index (κ1) is 14.4. The fraction of sp³-hybridized carbons (Fsp3) is 0.647. The van der Waals surface area contributed by atoms with E-state index in [2.05, 4.69) is 55.4 Å². The quantitative estimate of drug-likeness (QED) is 0.867. The van der Waals surface area contributed by atoms with Gasteiger partial charge in [-0.3, -0.25) is 0 Å². The second kappa shape index (κ2) is 6.95. The number of benzene rings is 1. The number of anilines is 1. The van der Waals surface area contributed by atoms with Crippen molar-refractivity contribution in [3.8, 4) is 0 Å². The van der Waals surface area contributed by atoms with Gasteiger partial charge in [0.15, 0.2) is 0 Å². The number of rotatable bonds is 5. The molecule has 1 aliphatic rings. The lowest BCUT2D eigenvalue weighted by molar-refractivity contribution is 0.337. The molecule has 0 saturated heterocycles. The maximum Gasteiger partial charge on any atom is 0.0368 e. The van der Waals surface area contributed by atoms with Gasteiger partial charge in [0.25, 0.3) is 0 Å². The number of nitrogens with one attached hydrogen (secondary N) is 1. The van der Waals surface area contributed by atoms with Gasteiger partial charge in [0.2, 0.25) is 0 Å². The highest BCUT2D eigenvalue weighted by atomic mass is 15.1. The van der Waals surface area contributed by atoms with Crippen molar-refractivity contribution in [2.45, 2.75) is 58.0 Å². The van der Waals surface area contributed by atoms with Crippen molar-refractivity contribution in [2.24, 2.45) is 0 Å². The van der Waals surface area contributed by atoms with Gasteiger partial charge in [-0.1, -0.05) is 19.1 Å². The zero-order chi connectivity index (χ0) is 13.7. The van der Waals surface area contributed by atoms with E-state index in [1.54, 1.807) is 0 Å². The van der Waals surface area contributed by atoms with Crippen LogP contribution in [-0.2, 0) is 0 Å². The summed E-state index contributed by atoms with van der Waals surface area (Å²) in [7, 11) is 2.25. The van der Waals surface area contributed by atoms with Gasteiger partial charge in [0.1, 0.15) is 0 Å². The maximum absolute atomic E-state index is 3.66. The van der Waals surface area contributed by atoms with Gasteiger partial charge >= 0.3 is 0 Å². The Hall–Kier alpha value is -1.02. The Bertz CT molecular complexity index is 381. The number of hydrogen-bond acceptors (Lipinski definition) is 2. The van der Waals surface area contributed by atoms with Crippen molar-refractivity contribution in [1.82, 2.24) is 5.32 Å². The van der Waals surface area contributed by atoms with Crippen LogP contribution in [0, 0.1) is 6.92 Å². The average Bonchev–Trinajstić information content (AvgIpc) is 2.45. The van der Waals surface area contributed by atoms with Crippen LogP contribution in [0.4, 0.5) is 5.69 Å². The summed E-state index contributed by atoms with van der Waals surface area (Å²) < 4.78 is 0. The zero-order valence-corrected chi connectivity index (χ0v) is 12.7. The second-order valence-electron chi connectivity index (χ2n) is 5.91. The Morgan fingerprint density at radius 1 is 1.21 bits per heavy atom. The average molecular weight is 260 g/mol. The fourth-order valence-electron chi connectivity index (χ4n) is 3.07. The van der Waals surface area contributed by atoms with E-state index in [1.165, 1.54) is 49.9 Å². The molecule has 1 aliphatic carbocycles. The maximum atomic E-state index is 3.66. The van der Waals surface area contributed by atoms with E-state index >= 15 is 0 Å². The summed E-state index contributed by atoms with van der Waals surface area (Å²) in [6.45, 7) is 5.58. The van der Waals surface area contributed by atoms with E-state index in [0.29, 0.717) is 6.04 Å². The Morgan fingerprint density at radius 3 is 2.58 bits per heavy atom. The molecule has 0 atom stereocenters. The summed E-state index contributed by atoms with van der Waals surface area (Å²) in [5, 5.41) is 3.66. The molecule has 2 heteroatoms. The van der Waals surface area contributed by atoms with Gasteiger partial charge in [-0.15, -0.1) is 0 Å². The van der Waals surface area contributed by atoms with Gasteiger partial charge in [0.05, 0.1) is 0 Å². The summed E-state index contributed by atoms with van der Waals surface area (Å²) >= 11 is 0. The zero-order valence-electron chi connectivity index (χ0n) is 12.7. The van der Waals surface area contributed by atoms with Crippen LogP contribution < -0.4 is 10.2 Å². The van der Waals surface area contributed by atoms with Crippen molar-refractivity contribution in [2.75, 3.05) is 18.5 Å². The molecule has 2 rings (SSSR count). The van der Waals surface area contributed by atoms with Crippen LogP contribution >= 0.6 is 0 Å². The standard InChI is InChI=1S/C17H28N2/c1-4-12-18-15-8-10-16(11-9-15)19(3)17-7-5-6-14(2)13-17/h5-7,13,15-16,18H,4,8-12H2,1-3H3. The first-order valence-electron chi connectivity index (χ1n) is 7.73. The molecule has 0 aromatic heterocycles. The fourth-order valence-corrected chi connectivity index (χ4v) is 3.07. The van der Waals surface area contributed by atoms with E-state index in [4.69, 9.17) is 0 Å². The molecule has 0 bridgehead atoms. The summed E-state index contributed by atoms with van der Waals surface area (Å²) in [5.41, 5.74) is 2.72. The van der Waals surface area contributed by atoms with Crippen LogP contribution in [0.25, 0.3) is 0 Å².